The average Bonchev–Trinajstić information content (AvgIpc) is 2.91. The highest BCUT2D eigenvalue weighted by atomic mass is 16.5. The molecule has 0 amide bonds. The van der Waals surface area contributed by atoms with E-state index in [0.717, 1.165) is 16.7 Å². The van der Waals surface area contributed by atoms with Crippen molar-refractivity contribution in [2.45, 2.75) is 13.0 Å². The number of carbonyl (C=O) groups excluding carboxylic acids is 1. The van der Waals surface area contributed by atoms with E-state index in [1.54, 1.807) is 25.3 Å². The van der Waals surface area contributed by atoms with Gasteiger partial charge in [-0.2, -0.15) is 0 Å². The molecule has 0 radical (unpaired) electrons. The van der Waals surface area contributed by atoms with Crippen LogP contribution in [0.3, 0.4) is 0 Å². The molecule has 3 aromatic carbocycles. The maximum Gasteiger partial charge on any atom is 0.338 e. The van der Waals surface area contributed by atoms with Crippen LogP contribution in [0.5, 0.6) is 17.2 Å². The van der Waals surface area contributed by atoms with Gasteiger partial charge in [0.15, 0.2) is 11.5 Å². The Morgan fingerprint density at radius 2 is 1.64 bits per heavy atom. The molecule has 0 heterocycles. The maximum absolute atomic E-state index is 12.3. The smallest absolute Gasteiger partial charge is 0.338 e. The van der Waals surface area contributed by atoms with Gasteiger partial charge in [0, 0.05) is 13.1 Å². The molecule has 7 heteroatoms. The second kappa shape index (κ2) is 13.9. The summed E-state index contributed by atoms with van der Waals surface area (Å²) in [6, 6.07) is 22.5. The molecular weight excluding hydrogens is 458 g/mol. The Hall–Kier alpha value is -3.81. The third-order valence-electron chi connectivity index (χ3n) is 5.39. The highest BCUT2D eigenvalue weighted by molar-refractivity contribution is 6.21. The molecule has 0 aliphatic heterocycles. The van der Waals surface area contributed by atoms with Gasteiger partial charge in [-0.1, -0.05) is 54.1 Å². The Labute approximate surface area is 212 Å². The minimum Gasteiger partial charge on any atom is -0.493 e. The van der Waals surface area contributed by atoms with Gasteiger partial charge in [0.2, 0.25) is 0 Å². The first-order valence-electron chi connectivity index (χ1n) is 11.7. The lowest BCUT2D eigenvalue weighted by Crippen LogP contribution is -2.33. The summed E-state index contributed by atoms with van der Waals surface area (Å²) in [5.74, 6) is 1.59. The number of para-hydroxylation sites is 2. The van der Waals surface area contributed by atoms with Crippen molar-refractivity contribution in [1.82, 2.24) is 5.32 Å². The number of aliphatic hydroxyl groups is 1. The highest BCUT2D eigenvalue weighted by Crippen LogP contribution is 2.25. The van der Waals surface area contributed by atoms with Crippen LogP contribution in [-0.2, 0) is 9.53 Å². The van der Waals surface area contributed by atoms with E-state index in [9.17, 15) is 9.90 Å². The number of methoxy groups -OCH3 is 2. The van der Waals surface area contributed by atoms with Crippen LogP contribution in [0, 0.1) is 6.92 Å². The molecule has 0 saturated carbocycles. The Balaban J connectivity index is 1.45. The molecule has 0 bridgehead atoms. The standard InChI is InChI=1S/C29H33NO6/c1-21-8-12-23(13-9-21)26(29(32)34-3)18-22-10-14-25(15-11-22)36-20-24(31)19-30-16-17-35-28-7-5-4-6-27(28)33-2/h4-15,18,24,30-31H,16-17,19-20H2,1-3H3. The van der Waals surface area contributed by atoms with Gasteiger partial charge in [-0.3, -0.25) is 0 Å². The Bertz CT molecular complexity index is 1130. The first-order valence-corrected chi connectivity index (χ1v) is 11.7. The molecule has 3 rings (SSSR count). The van der Waals surface area contributed by atoms with Crippen LogP contribution >= 0.6 is 0 Å². The lowest BCUT2D eigenvalue weighted by atomic mass is 10.0. The number of aliphatic hydroxyl groups excluding tert-OH is 1. The van der Waals surface area contributed by atoms with Crippen LogP contribution in [0.4, 0.5) is 0 Å². The van der Waals surface area contributed by atoms with Crippen LogP contribution in [0.15, 0.2) is 72.8 Å². The van der Waals surface area contributed by atoms with Gasteiger partial charge in [0.05, 0.1) is 19.8 Å². The fourth-order valence-corrected chi connectivity index (χ4v) is 3.42. The van der Waals surface area contributed by atoms with Gasteiger partial charge in [0.1, 0.15) is 25.1 Å². The summed E-state index contributed by atoms with van der Waals surface area (Å²) in [6.07, 6.45) is 1.11. The van der Waals surface area contributed by atoms with Crippen molar-refractivity contribution in [3.8, 4) is 17.2 Å². The number of esters is 1. The number of ether oxygens (including phenoxy) is 4. The molecule has 0 spiro atoms. The predicted molar refractivity (Wildman–Crippen MR) is 140 cm³/mol. The van der Waals surface area contributed by atoms with E-state index in [1.807, 2.05) is 67.6 Å². The van der Waals surface area contributed by atoms with Crippen LogP contribution in [-0.4, -0.2) is 57.7 Å². The lowest BCUT2D eigenvalue weighted by Gasteiger charge is -2.14. The summed E-state index contributed by atoms with van der Waals surface area (Å²) in [6.45, 7) is 3.52. The monoisotopic (exact) mass is 491 g/mol. The fourth-order valence-electron chi connectivity index (χ4n) is 3.42. The molecular formula is C29H33NO6. The van der Waals surface area contributed by atoms with Crippen molar-refractivity contribution in [3.05, 3.63) is 89.5 Å². The topological polar surface area (TPSA) is 86.3 Å². The largest absolute Gasteiger partial charge is 0.493 e. The van der Waals surface area contributed by atoms with E-state index in [1.165, 1.54) is 7.11 Å². The van der Waals surface area contributed by atoms with Crippen molar-refractivity contribution < 1.29 is 28.8 Å². The predicted octanol–water partition coefficient (Wildman–Crippen LogP) is 4.13. The van der Waals surface area contributed by atoms with E-state index in [-0.39, 0.29) is 6.61 Å². The molecule has 7 nitrogen and oxygen atoms in total. The molecule has 0 aliphatic carbocycles. The molecule has 36 heavy (non-hydrogen) atoms. The van der Waals surface area contributed by atoms with Crippen molar-refractivity contribution in [1.29, 1.82) is 0 Å². The summed E-state index contributed by atoms with van der Waals surface area (Å²) < 4.78 is 21.6. The molecule has 0 saturated heterocycles. The number of hydrogen-bond acceptors (Lipinski definition) is 7. The molecule has 3 aromatic rings. The second-order valence-corrected chi connectivity index (χ2v) is 8.15. The number of benzene rings is 3. The number of carbonyl (C=O) groups is 1. The van der Waals surface area contributed by atoms with E-state index >= 15 is 0 Å². The third-order valence-corrected chi connectivity index (χ3v) is 5.39. The van der Waals surface area contributed by atoms with Gasteiger partial charge in [-0.15, -0.1) is 0 Å². The zero-order chi connectivity index (χ0) is 25.8. The minimum absolute atomic E-state index is 0.145. The van der Waals surface area contributed by atoms with Gasteiger partial charge >= 0.3 is 5.97 Å². The van der Waals surface area contributed by atoms with E-state index in [0.29, 0.717) is 42.5 Å². The second-order valence-electron chi connectivity index (χ2n) is 8.15. The summed E-state index contributed by atoms with van der Waals surface area (Å²) in [4.78, 5) is 12.3. The number of aryl methyl sites for hydroxylation is 1. The number of rotatable bonds is 13. The van der Waals surface area contributed by atoms with Crippen molar-refractivity contribution >= 4 is 17.6 Å². The normalized spacial score (nSPS) is 12.1. The zero-order valence-corrected chi connectivity index (χ0v) is 20.9. The van der Waals surface area contributed by atoms with Crippen molar-refractivity contribution in [2.75, 3.05) is 40.5 Å². The Morgan fingerprint density at radius 1 is 0.944 bits per heavy atom. The van der Waals surface area contributed by atoms with Crippen molar-refractivity contribution in [2.24, 2.45) is 0 Å². The summed E-state index contributed by atoms with van der Waals surface area (Å²) in [5, 5.41) is 13.4. The van der Waals surface area contributed by atoms with Crippen LogP contribution in [0.1, 0.15) is 16.7 Å². The molecule has 0 aromatic heterocycles. The number of hydrogen-bond donors (Lipinski definition) is 2. The number of nitrogens with one attached hydrogen (secondary N) is 1. The third kappa shape index (κ3) is 8.15. The maximum atomic E-state index is 12.3. The van der Waals surface area contributed by atoms with Gasteiger partial charge in [-0.25, -0.2) is 4.79 Å². The van der Waals surface area contributed by atoms with E-state index in [4.69, 9.17) is 18.9 Å². The quantitative estimate of drug-likeness (QED) is 0.161. The fraction of sp³-hybridized carbons (Fsp3) is 0.276. The van der Waals surface area contributed by atoms with Crippen LogP contribution in [0.2, 0.25) is 0 Å². The molecule has 1 atom stereocenters. The van der Waals surface area contributed by atoms with E-state index in [2.05, 4.69) is 5.32 Å². The van der Waals surface area contributed by atoms with Crippen LogP contribution in [0.25, 0.3) is 11.6 Å². The average molecular weight is 492 g/mol. The van der Waals surface area contributed by atoms with Gasteiger partial charge in [-0.05, 0) is 48.4 Å². The minimum atomic E-state index is -0.678. The van der Waals surface area contributed by atoms with Crippen molar-refractivity contribution in [3.63, 3.8) is 0 Å². The zero-order valence-electron chi connectivity index (χ0n) is 20.9. The first kappa shape index (κ1) is 26.8. The molecule has 190 valence electrons. The first-order chi connectivity index (χ1) is 17.5. The molecule has 0 fully saturated rings. The molecule has 2 N–H and O–H groups in total. The summed E-state index contributed by atoms with van der Waals surface area (Å²) >= 11 is 0. The SMILES string of the molecule is COC(=O)C(=Cc1ccc(OCC(O)CNCCOc2ccccc2OC)cc1)c1ccc(C)cc1. The highest BCUT2D eigenvalue weighted by Gasteiger charge is 2.13. The Morgan fingerprint density at radius 3 is 2.31 bits per heavy atom. The van der Waals surface area contributed by atoms with Gasteiger partial charge in [0.25, 0.3) is 0 Å². The van der Waals surface area contributed by atoms with E-state index < -0.39 is 12.1 Å². The van der Waals surface area contributed by atoms with Crippen LogP contribution < -0.4 is 19.5 Å². The summed E-state index contributed by atoms with van der Waals surface area (Å²) in [5.41, 5.74) is 3.21. The van der Waals surface area contributed by atoms with Gasteiger partial charge < -0.3 is 29.4 Å². The Kier molecular flexibility index (Phi) is 10.4. The molecule has 0 aliphatic rings. The summed E-state index contributed by atoms with van der Waals surface area (Å²) in [7, 11) is 2.97. The molecule has 1 unspecified atom stereocenters. The lowest BCUT2D eigenvalue weighted by molar-refractivity contribution is -0.133.